The zero-order valence-corrected chi connectivity index (χ0v) is 15.9. The predicted molar refractivity (Wildman–Crippen MR) is 100 cm³/mol. The number of carbonyl (C=O) groups is 2. The SMILES string of the molecule is CCN(c1ccc(NC(=O)C(C)NC(=O)C(C)(C)C)cc1)C(C)C. The normalized spacial score (nSPS) is 12.7. The highest BCUT2D eigenvalue weighted by molar-refractivity contribution is 5.97. The van der Waals surface area contributed by atoms with Gasteiger partial charge in [-0.05, 0) is 52.0 Å². The van der Waals surface area contributed by atoms with Gasteiger partial charge in [0.1, 0.15) is 6.04 Å². The van der Waals surface area contributed by atoms with Crippen LogP contribution in [0.1, 0.15) is 48.5 Å². The summed E-state index contributed by atoms with van der Waals surface area (Å²) in [6, 6.07) is 7.60. The highest BCUT2D eigenvalue weighted by atomic mass is 16.2. The fraction of sp³-hybridized carbons (Fsp3) is 0.579. The summed E-state index contributed by atoms with van der Waals surface area (Å²) in [7, 11) is 0. The van der Waals surface area contributed by atoms with E-state index in [-0.39, 0.29) is 11.8 Å². The molecular formula is C19H31N3O2. The highest BCUT2D eigenvalue weighted by Gasteiger charge is 2.25. The molecular weight excluding hydrogens is 302 g/mol. The van der Waals surface area contributed by atoms with E-state index in [1.807, 2.05) is 45.0 Å². The van der Waals surface area contributed by atoms with E-state index in [2.05, 4.69) is 36.3 Å². The fourth-order valence-corrected chi connectivity index (χ4v) is 2.31. The van der Waals surface area contributed by atoms with Gasteiger partial charge in [0.05, 0.1) is 0 Å². The Morgan fingerprint density at radius 3 is 2.04 bits per heavy atom. The minimum Gasteiger partial charge on any atom is -0.369 e. The summed E-state index contributed by atoms with van der Waals surface area (Å²) in [6.45, 7) is 14.5. The van der Waals surface area contributed by atoms with Crippen molar-refractivity contribution in [1.82, 2.24) is 5.32 Å². The van der Waals surface area contributed by atoms with E-state index < -0.39 is 11.5 Å². The maximum absolute atomic E-state index is 12.2. The lowest BCUT2D eigenvalue weighted by molar-refractivity contribution is -0.131. The third kappa shape index (κ3) is 5.55. The van der Waals surface area contributed by atoms with Crippen LogP contribution >= 0.6 is 0 Å². The van der Waals surface area contributed by atoms with Gasteiger partial charge in [0.2, 0.25) is 11.8 Å². The first-order chi connectivity index (χ1) is 11.1. The van der Waals surface area contributed by atoms with Crippen LogP contribution in [0.3, 0.4) is 0 Å². The van der Waals surface area contributed by atoms with Crippen LogP contribution in [0, 0.1) is 5.41 Å². The van der Waals surface area contributed by atoms with Crippen molar-refractivity contribution in [3.63, 3.8) is 0 Å². The molecule has 0 fully saturated rings. The largest absolute Gasteiger partial charge is 0.369 e. The second-order valence-electron chi connectivity index (χ2n) is 7.36. The van der Waals surface area contributed by atoms with E-state index in [0.717, 1.165) is 17.9 Å². The Morgan fingerprint density at radius 1 is 1.08 bits per heavy atom. The zero-order valence-electron chi connectivity index (χ0n) is 15.9. The second-order valence-corrected chi connectivity index (χ2v) is 7.36. The summed E-state index contributed by atoms with van der Waals surface area (Å²) in [6.07, 6.45) is 0. The van der Waals surface area contributed by atoms with E-state index >= 15 is 0 Å². The molecule has 1 aromatic rings. The van der Waals surface area contributed by atoms with Crippen LogP contribution in [0.5, 0.6) is 0 Å². The van der Waals surface area contributed by atoms with Crippen molar-refractivity contribution in [2.24, 2.45) is 5.41 Å². The van der Waals surface area contributed by atoms with Crippen LogP contribution in [0.25, 0.3) is 0 Å². The molecule has 0 aliphatic heterocycles. The minimum atomic E-state index is -0.584. The minimum absolute atomic E-state index is 0.143. The van der Waals surface area contributed by atoms with E-state index in [1.54, 1.807) is 6.92 Å². The van der Waals surface area contributed by atoms with Gasteiger partial charge in [-0.2, -0.15) is 0 Å². The molecule has 5 nitrogen and oxygen atoms in total. The van der Waals surface area contributed by atoms with Crippen molar-refractivity contribution < 1.29 is 9.59 Å². The van der Waals surface area contributed by atoms with Gasteiger partial charge in [-0.15, -0.1) is 0 Å². The van der Waals surface area contributed by atoms with E-state index in [4.69, 9.17) is 0 Å². The maximum Gasteiger partial charge on any atom is 0.246 e. The van der Waals surface area contributed by atoms with Crippen LogP contribution < -0.4 is 15.5 Å². The van der Waals surface area contributed by atoms with Gasteiger partial charge < -0.3 is 15.5 Å². The van der Waals surface area contributed by atoms with Crippen molar-refractivity contribution >= 4 is 23.2 Å². The number of benzene rings is 1. The van der Waals surface area contributed by atoms with Crippen LogP contribution in [0.4, 0.5) is 11.4 Å². The van der Waals surface area contributed by atoms with Gasteiger partial charge in [-0.1, -0.05) is 20.8 Å². The first-order valence-corrected chi connectivity index (χ1v) is 8.54. The summed E-state index contributed by atoms with van der Waals surface area (Å²) in [5, 5.41) is 5.57. The Bertz CT molecular complexity index is 559. The number of anilines is 2. The van der Waals surface area contributed by atoms with Crippen LogP contribution in [-0.2, 0) is 9.59 Å². The van der Waals surface area contributed by atoms with Crippen molar-refractivity contribution in [1.29, 1.82) is 0 Å². The molecule has 0 saturated heterocycles. The van der Waals surface area contributed by atoms with Gasteiger partial charge in [0.25, 0.3) is 0 Å². The number of rotatable bonds is 6. The number of carbonyl (C=O) groups excluding carboxylic acids is 2. The Labute approximate surface area is 145 Å². The average molecular weight is 333 g/mol. The van der Waals surface area contributed by atoms with E-state index in [0.29, 0.717) is 6.04 Å². The molecule has 5 heteroatoms. The highest BCUT2D eigenvalue weighted by Crippen LogP contribution is 2.20. The van der Waals surface area contributed by atoms with Crippen molar-refractivity contribution in [3.8, 4) is 0 Å². The molecule has 134 valence electrons. The molecule has 0 heterocycles. The van der Waals surface area contributed by atoms with Crippen molar-refractivity contribution in [2.75, 3.05) is 16.8 Å². The number of amides is 2. The van der Waals surface area contributed by atoms with Crippen LogP contribution in [0.15, 0.2) is 24.3 Å². The molecule has 0 spiro atoms. The molecule has 1 aromatic carbocycles. The summed E-state index contributed by atoms with van der Waals surface area (Å²) in [5.41, 5.74) is 1.33. The lowest BCUT2D eigenvalue weighted by Gasteiger charge is -2.27. The Hall–Kier alpha value is -2.04. The Balaban J connectivity index is 2.69. The quantitative estimate of drug-likeness (QED) is 0.838. The molecule has 1 rings (SSSR count). The lowest BCUT2D eigenvalue weighted by atomic mass is 9.95. The molecule has 1 unspecified atom stereocenters. The molecule has 0 bridgehead atoms. The van der Waals surface area contributed by atoms with Crippen LogP contribution in [0.2, 0.25) is 0 Å². The number of hydrogen-bond acceptors (Lipinski definition) is 3. The smallest absolute Gasteiger partial charge is 0.246 e. The monoisotopic (exact) mass is 333 g/mol. The van der Waals surface area contributed by atoms with Crippen molar-refractivity contribution in [2.45, 2.75) is 60.5 Å². The van der Waals surface area contributed by atoms with E-state index in [1.165, 1.54) is 0 Å². The summed E-state index contributed by atoms with van der Waals surface area (Å²) in [5.74, 6) is -0.368. The van der Waals surface area contributed by atoms with E-state index in [9.17, 15) is 9.59 Å². The predicted octanol–water partition coefficient (Wildman–Crippen LogP) is 3.41. The molecule has 0 aliphatic rings. The first-order valence-electron chi connectivity index (χ1n) is 8.54. The topological polar surface area (TPSA) is 61.4 Å². The van der Waals surface area contributed by atoms with Gasteiger partial charge in [-0.25, -0.2) is 0 Å². The Morgan fingerprint density at radius 2 is 1.62 bits per heavy atom. The van der Waals surface area contributed by atoms with Gasteiger partial charge >= 0.3 is 0 Å². The summed E-state index contributed by atoms with van der Waals surface area (Å²) < 4.78 is 0. The zero-order chi connectivity index (χ0) is 18.5. The molecule has 0 aliphatic carbocycles. The fourth-order valence-electron chi connectivity index (χ4n) is 2.31. The first kappa shape index (κ1) is 20.0. The standard InChI is InChI=1S/C19H31N3O2/c1-8-22(13(2)3)16-11-9-15(10-12-16)21-17(23)14(4)20-18(24)19(5,6)7/h9-14H,8H2,1-7H3,(H,20,24)(H,21,23). The average Bonchev–Trinajstić information content (AvgIpc) is 2.48. The molecule has 24 heavy (non-hydrogen) atoms. The van der Waals surface area contributed by atoms with Crippen molar-refractivity contribution in [3.05, 3.63) is 24.3 Å². The third-order valence-electron chi connectivity index (χ3n) is 3.85. The molecule has 1 atom stereocenters. The molecule has 0 saturated carbocycles. The molecule has 0 aromatic heterocycles. The Kier molecular flexibility index (Phi) is 6.81. The van der Waals surface area contributed by atoms with Crippen LogP contribution in [-0.4, -0.2) is 30.4 Å². The van der Waals surface area contributed by atoms with Gasteiger partial charge in [0, 0.05) is 29.4 Å². The molecule has 2 N–H and O–H groups in total. The molecule has 2 amide bonds. The van der Waals surface area contributed by atoms with Gasteiger partial charge in [0.15, 0.2) is 0 Å². The number of hydrogen-bond donors (Lipinski definition) is 2. The molecule has 0 radical (unpaired) electrons. The number of nitrogens with one attached hydrogen (secondary N) is 2. The maximum atomic E-state index is 12.2. The number of nitrogens with zero attached hydrogens (tertiary/aromatic N) is 1. The lowest BCUT2D eigenvalue weighted by Crippen LogP contribution is -2.46. The summed E-state index contributed by atoms with van der Waals surface area (Å²) >= 11 is 0. The van der Waals surface area contributed by atoms with Gasteiger partial charge in [-0.3, -0.25) is 9.59 Å². The third-order valence-corrected chi connectivity index (χ3v) is 3.85. The second kappa shape index (κ2) is 8.18. The summed E-state index contributed by atoms with van der Waals surface area (Å²) in [4.78, 5) is 26.4.